The number of amides is 1. The maximum absolute atomic E-state index is 12.9. The fourth-order valence-electron chi connectivity index (χ4n) is 4.39. The van der Waals surface area contributed by atoms with Crippen molar-refractivity contribution in [2.24, 2.45) is 5.92 Å². The highest BCUT2D eigenvalue weighted by Crippen LogP contribution is 2.27. The van der Waals surface area contributed by atoms with E-state index in [4.69, 9.17) is 0 Å². The molecule has 3 heterocycles. The molecule has 1 aliphatic rings. The van der Waals surface area contributed by atoms with Gasteiger partial charge in [0.1, 0.15) is 12.1 Å². The van der Waals surface area contributed by atoms with Crippen molar-refractivity contribution >= 4 is 22.8 Å². The number of nitrogens with one attached hydrogen (secondary N) is 1. The first-order valence-electron chi connectivity index (χ1n) is 11.2. The molecule has 0 aliphatic heterocycles. The first-order chi connectivity index (χ1) is 15.5. The smallest absolute Gasteiger partial charge is 0.228 e. The van der Waals surface area contributed by atoms with E-state index < -0.39 is 0 Å². The van der Waals surface area contributed by atoms with E-state index >= 15 is 0 Å². The number of hydrogen-bond acceptors (Lipinski definition) is 5. The molecule has 1 aliphatic carbocycles. The zero-order chi connectivity index (χ0) is 22.2. The lowest BCUT2D eigenvalue weighted by Crippen LogP contribution is -2.26. The zero-order valence-electron chi connectivity index (χ0n) is 18.7. The van der Waals surface area contributed by atoms with Crippen LogP contribution in [0, 0.1) is 26.7 Å². The van der Waals surface area contributed by atoms with E-state index in [1.54, 1.807) is 10.9 Å². The van der Waals surface area contributed by atoms with Gasteiger partial charge in [-0.25, -0.2) is 14.6 Å². The molecule has 3 aromatic heterocycles. The summed E-state index contributed by atoms with van der Waals surface area (Å²) in [6.45, 7) is 6.08. The lowest BCUT2D eigenvalue weighted by Gasteiger charge is -2.20. The van der Waals surface area contributed by atoms with Crippen LogP contribution in [0.5, 0.6) is 0 Å². The average Bonchev–Trinajstić information content (AvgIpc) is 3.39. The molecule has 8 heteroatoms. The van der Waals surface area contributed by atoms with Gasteiger partial charge in [0.05, 0.1) is 23.0 Å². The fourth-order valence-corrected chi connectivity index (χ4v) is 4.39. The summed E-state index contributed by atoms with van der Waals surface area (Å²) < 4.78 is 3.50. The minimum Gasteiger partial charge on any atom is -0.310 e. The number of hydrogen-bond donors (Lipinski definition) is 1. The van der Waals surface area contributed by atoms with Crippen LogP contribution in [-0.2, 0) is 4.79 Å². The van der Waals surface area contributed by atoms with Gasteiger partial charge in [0.15, 0.2) is 11.5 Å². The van der Waals surface area contributed by atoms with Gasteiger partial charge < -0.3 is 5.32 Å². The Morgan fingerprint density at radius 2 is 1.81 bits per heavy atom. The Bertz CT molecular complexity index is 1300. The monoisotopic (exact) mass is 429 g/mol. The van der Waals surface area contributed by atoms with Gasteiger partial charge in [0.25, 0.3) is 0 Å². The third-order valence-electron chi connectivity index (χ3n) is 6.34. The third-order valence-corrected chi connectivity index (χ3v) is 6.34. The maximum Gasteiger partial charge on any atom is 0.228 e. The molecule has 0 bridgehead atoms. The van der Waals surface area contributed by atoms with Crippen molar-refractivity contribution in [3.63, 3.8) is 0 Å². The highest BCUT2D eigenvalue weighted by molar-refractivity contribution is 5.93. The highest BCUT2D eigenvalue weighted by Gasteiger charge is 2.23. The Morgan fingerprint density at radius 1 is 1.00 bits per heavy atom. The van der Waals surface area contributed by atoms with Crippen LogP contribution >= 0.6 is 0 Å². The number of anilines is 1. The number of aryl methyl sites for hydroxylation is 3. The van der Waals surface area contributed by atoms with Gasteiger partial charge in [-0.2, -0.15) is 14.9 Å². The van der Waals surface area contributed by atoms with Crippen LogP contribution in [0.15, 0.2) is 36.8 Å². The van der Waals surface area contributed by atoms with Crippen LogP contribution in [0.2, 0.25) is 0 Å². The quantitative estimate of drug-likeness (QED) is 0.518. The Kier molecular flexibility index (Phi) is 5.20. The molecular formula is C24H27N7O. The molecule has 1 fully saturated rings. The minimum absolute atomic E-state index is 0.0574. The topological polar surface area (TPSA) is 90.5 Å². The number of fused-ring (bicyclic) bond motifs is 1. The molecule has 1 saturated carbocycles. The zero-order valence-corrected chi connectivity index (χ0v) is 18.7. The first-order valence-corrected chi connectivity index (χ1v) is 11.2. The summed E-state index contributed by atoms with van der Waals surface area (Å²) >= 11 is 0. The SMILES string of the molecule is Cc1cc(NC(=O)C2CCCCC2)n(-c2ncnc3c2cnn3-c2ccc(C)c(C)c2)n1. The third kappa shape index (κ3) is 3.66. The molecule has 32 heavy (non-hydrogen) atoms. The van der Waals surface area contributed by atoms with Crippen LogP contribution in [-0.4, -0.2) is 35.4 Å². The summed E-state index contributed by atoms with van der Waals surface area (Å²) in [5.74, 6) is 1.33. The predicted octanol–water partition coefficient (Wildman–Crippen LogP) is 4.45. The second-order valence-electron chi connectivity index (χ2n) is 8.67. The van der Waals surface area contributed by atoms with Crippen LogP contribution in [0.4, 0.5) is 5.82 Å². The van der Waals surface area contributed by atoms with Crippen LogP contribution < -0.4 is 5.32 Å². The first kappa shape index (κ1) is 20.4. The largest absolute Gasteiger partial charge is 0.310 e. The van der Waals surface area contributed by atoms with E-state index in [0.717, 1.165) is 42.5 Å². The van der Waals surface area contributed by atoms with Gasteiger partial charge in [-0.05, 0) is 56.9 Å². The minimum atomic E-state index is 0.0574. The van der Waals surface area contributed by atoms with E-state index in [2.05, 4.69) is 51.5 Å². The molecule has 0 unspecified atom stereocenters. The van der Waals surface area contributed by atoms with Crippen molar-refractivity contribution in [3.05, 3.63) is 53.6 Å². The summed E-state index contributed by atoms with van der Waals surface area (Å²) in [6.07, 6.45) is 8.59. The number of aromatic nitrogens is 6. The molecule has 1 aromatic carbocycles. The molecule has 4 aromatic rings. The van der Waals surface area contributed by atoms with Crippen molar-refractivity contribution < 1.29 is 4.79 Å². The lowest BCUT2D eigenvalue weighted by atomic mass is 9.89. The number of benzene rings is 1. The normalized spacial score (nSPS) is 14.7. The van der Waals surface area contributed by atoms with Crippen molar-refractivity contribution in [1.82, 2.24) is 29.5 Å². The van der Waals surface area contributed by atoms with Gasteiger partial charge >= 0.3 is 0 Å². The molecular weight excluding hydrogens is 402 g/mol. The molecule has 164 valence electrons. The molecule has 1 N–H and O–H groups in total. The molecule has 5 rings (SSSR count). The van der Waals surface area contributed by atoms with Crippen LogP contribution in [0.25, 0.3) is 22.5 Å². The standard InChI is InChI=1S/C24H27N7O/c1-15-9-10-19(11-16(15)2)30-22-20(13-27-30)23(26-14-25-22)31-21(12-17(3)29-31)28-24(32)18-7-5-4-6-8-18/h9-14,18H,4-8H2,1-3H3,(H,28,32). The predicted molar refractivity (Wildman–Crippen MR) is 123 cm³/mol. The van der Waals surface area contributed by atoms with Gasteiger partial charge in [-0.3, -0.25) is 4.79 Å². The van der Waals surface area contributed by atoms with E-state index in [-0.39, 0.29) is 11.8 Å². The van der Waals surface area contributed by atoms with Crippen molar-refractivity contribution in [2.75, 3.05) is 5.32 Å². The van der Waals surface area contributed by atoms with Gasteiger partial charge in [0, 0.05) is 12.0 Å². The van der Waals surface area contributed by atoms with Crippen LogP contribution in [0.1, 0.15) is 48.9 Å². The Balaban J connectivity index is 1.54. The fraction of sp³-hybridized carbons (Fsp3) is 0.375. The van der Waals surface area contributed by atoms with Crippen molar-refractivity contribution in [2.45, 2.75) is 52.9 Å². The van der Waals surface area contributed by atoms with Gasteiger partial charge in [0.2, 0.25) is 5.91 Å². The summed E-state index contributed by atoms with van der Waals surface area (Å²) in [5, 5.41) is 13.0. The average molecular weight is 430 g/mol. The highest BCUT2D eigenvalue weighted by atomic mass is 16.2. The second-order valence-corrected chi connectivity index (χ2v) is 8.67. The molecule has 1 amide bonds. The summed E-state index contributed by atoms with van der Waals surface area (Å²) in [5.41, 5.74) is 4.85. The van der Waals surface area contributed by atoms with Gasteiger partial charge in [-0.15, -0.1) is 0 Å². The van der Waals surface area contributed by atoms with E-state index in [1.807, 2.05) is 23.7 Å². The number of carbonyl (C=O) groups is 1. The maximum atomic E-state index is 12.9. The van der Waals surface area contributed by atoms with Crippen molar-refractivity contribution in [3.8, 4) is 11.5 Å². The van der Waals surface area contributed by atoms with E-state index in [9.17, 15) is 4.79 Å². The Morgan fingerprint density at radius 3 is 2.59 bits per heavy atom. The molecule has 0 radical (unpaired) electrons. The lowest BCUT2D eigenvalue weighted by molar-refractivity contribution is -0.120. The van der Waals surface area contributed by atoms with E-state index in [0.29, 0.717) is 17.3 Å². The van der Waals surface area contributed by atoms with Gasteiger partial charge in [-0.1, -0.05) is 25.3 Å². The number of carbonyl (C=O) groups excluding carboxylic acids is 1. The molecule has 0 atom stereocenters. The number of rotatable bonds is 4. The summed E-state index contributed by atoms with van der Waals surface area (Å²) in [7, 11) is 0. The molecule has 8 nitrogen and oxygen atoms in total. The molecule has 0 spiro atoms. The molecule has 0 saturated heterocycles. The number of nitrogens with zero attached hydrogens (tertiary/aromatic N) is 6. The van der Waals surface area contributed by atoms with E-state index in [1.165, 1.54) is 23.9 Å². The van der Waals surface area contributed by atoms with Crippen LogP contribution in [0.3, 0.4) is 0 Å². The second kappa shape index (κ2) is 8.18. The summed E-state index contributed by atoms with van der Waals surface area (Å²) in [6, 6.07) is 8.08. The summed E-state index contributed by atoms with van der Waals surface area (Å²) in [4.78, 5) is 21.9. The Labute approximate surface area is 186 Å². The Hall–Kier alpha value is -3.55. The van der Waals surface area contributed by atoms with Crippen molar-refractivity contribution in [1.29, 1.82) is 0 Å².